The summed E-state index contributed by atoms with van der Waals surface area (Å²) in [6.07, 6.45) is 11.7. The summed E-state index contributed by atoms with van der Waals surface area (Å²) in [6, 6.07) is 0.560. The van der Waals surface area contributed by atoms with Crippen LogP contribution in [0.3, 0.4) is 0 Å². The first kappa shape index (κ1) is 12.9. The van der Waals surface area contributed by atoms with Gasteiger partial charge in [0.2, 0.25) is 0 Å². The van der Waals surface area contributed by atoms with Gasteiger partial charge in [-0.3, -0.25) is 0 Å². The molecule has 0 amide bonds. The van der Waals surface area contributed by atoms with Crippen LogP contribution in [-0.2, 0) is 4.74 Å². The normalized spacial score (nSPS) is 34.2. The van der Waals surface area contributed by atoms with E-state index in [2.05, 4.69) is 5.32 Å². The van der Waals surface area contributed by atoms with E-state index in [4.69, 9.17) is 4.74 Å². The average molecular weight is 253 g/mol. The van der Waals surface area contributed by atoms with Crippen molar-refractivity contribution in [3.8, 4) is 0 Å². The molecule has 3 fully saturated rings. The Morgan fingerprint density at radius 2 is 1.83 bits per heavy atom. The predicted octanol–water partition coefficient (Wildman–Crippen LogP) is 2.37. The second-order valence-electron chi connectivity index (χ2n) is 6.74. The number of ether oxygens (including phenoxy) is 1. The fraction of sp³-hybridized carbons (Fsp3) is 1.00. The Morgan fingerprint density at radius 1 is 1.06 bits per heavy atom. The van der Waals surface area contributed by atoms with Crippen LogP contribution < -0.4 is 5.32 Å². The summed E-state index contributed by atoms with van der Waals surface area (Å²) in [5, 5.41) is 14.1. The molecule has 0 aromatic heterocycles. The quantitative estimate of drug-likeness (QED) is 0.811. The first-order valence-corrected chi connectivity index (χ1v) is 7.80. The van der Waals surface area contributed by atoms with Crippen LogP contribution in [0, 0.1) is 0 Å². The van der Waals surface area contributed by atoms with Gasteiger partial charge in [0.15, 0.2) is 0 Å². The first-order valence-electron chi connectivity index (χ1n) is 7.80. The molecule has 0 bridgehead atoms. The molecule has 1 saturated heterocycles. The summed E-state index contributed by atoms with van der Waals surface area (Å²) in [7, 11) is 0. The van der Waals surface area contributed by atoms with Crippen molar-refractivity contribution in [2.24, 2.45) is 0 Å². The maximum absolute atomic E-state index is 10.5. The number of hydrogen-bond donors (Lipinski definition) is 2. The topological polar surface area (TPSA) is 41.5 Å². The molecule has 104 valence electrons. The molecule has 2 aliphatic carbocycles. The molecule has 0 aromatic rings. The Kier molecular flexibility index (Phi) is 3.65. The van der Waals surface area contributed by atoms with Gasteiger partial charge in [0.05, 0.1) is 11.2 Å². The van der Waals surface area contributed by atoms with Crippen LogP contribution >= 0.6 is 0 Å². The second-order valence-corrected chi connectivity index (χ2v) is 6.74. The summed E-state index contributed by atoms with van der Waals surface area (Å²) < 4.78 is 5.95. The number of hydrogen-bond acceptors (Lipinski definition) is 3. The van der Waals surface area contributed by atoms with Crippen molar-refractivity contribution in [3.63, 3.8) is 0 Å². The monoisotopic (exact) mass is 253 g/mol. The minimum atomic E-state index is -0.427. The molecule has 1 unspecified atom stereocenters. The summed E-state index contributed by atoms with van der Waals surface area (Å²) >= 11 is 0. The summed E-state index contributed by atoms with van der Waals surface area (Å²) in [4.78, 5) is 0. The third-order valence-corrected chi connectivity index (χ3v) is 5.26. The van der Waals surface area contributed by atoms with Crippen molar-refractivity contribution in [3.05, 3.63) is 0 Å². The van der Waals surface area contributed by atoms with Gasteiger partial charge in [-0.05, 0) is 44.9 Å². The largest absolute Gasteiger partial charge is 0.389 e. The van der Waals surface area contributed by atoms with E-state index in [0.717, 1.165) is 38.8 Å². The predicted molar refractivity (Wildman–Crippen MR) is 71.6 cm³/mol. The lowest BCUT2D eigenvalue weighted by Crippen LogP contribution is -2.53. The molecule has 1 heterocycles. The number of aliphatic hydroxyl groups is 1. The van der Waals surface area contributed by atoms with E-state index in [0.29, 0.717) is 6.04 Å². The zero-order valence-corrected chi connectivity index (χ0v) is 11.4. The van der Waals surface area contributed by atoms with Crippen molar-refractivity contribution >= 4 is 0 Å². The molecular formula is C15H27NO2. The van der Waals surface area contributed by atoms with E-state index in [1.54, 1.807) is 0 Å². The van der Waals surface area contributed by atoms with Crippen molar-refractivity contribution in [1.29, 1.82) is 0 Å². The van der Waals surface area contributed by atoms with Gasteiger partial charge in [-0.1, -0.05) is 19.3 Å². The van der Waals surface area contributed by atoms with Crippen molar-refractivity contribution < 1.29 is 9.84 Å². The molecule has 3 rings (SSSR count). The average Bonchev–Trinajstić information content (AvgIpc) is 2.36. The van der Waals surface area contributed by atoms with E-state index < -0.39 is 5.60 Å². The zero-order chi connectivity index (χ0) is 12.5. The Labute approximate surface area is 110 Å². The molecule has 0 radical (unpaired) electrons. The molecule has 2 N–H and O–H groups in total. The standard InChI is InChI=1S/C15H27NO2/c17-14(6-2-1-3-7-14)12-16-13-5-10-18-15(11-13)8-4-9-15/h13,16-17H,1-12H2. The third-order valence-electron chi connectivity index (χ3n) is 5.26. The Balaban J connectivity index is 1.47. The number of nitrogens with one attached hydrogen (secondary N) is 1. The Hall–Kier alpha value is -0.120. The van der Waals surface area contributed by atoms with E-state index in [-0.39, 0.29) is 5.60 Å². The molecule has 2 saturated carbocycles. The summed E-state index contributed by atoms with van der Waals surface area (Å²) in [6.45, 7) is 1.68. The molecule has 1 atom stereocenters. The lowest BCUT2D eigenvalue weighted by molar-refractivity contribution is -0.137. The summed E-state index contributed by atoms with van der Waals surface area (Å²) in [5.74, 6) is 0. The molecular weight excluding hydrogens is 226 g/mol. The van der Waals surface area contributed by atoms with Crippen LogP contribution in [0.2, 0.25) is 0 Å². The molecule has 1 aliphatic heterocycles. The van der Waals surface area contributed by atoms with Gasteiger partial charge in [-0.25, -0.2) is 0 Å². The van der Waals surface area contributed by atoms with Gasteiger partial charge < -0.3 is 15.2 Å². The fourth-order valence-corrected chi connectivity index (χ4v) is 3.84. The first-order chi connectivity index (χ1) is 8.70. The highest BCUT2D eigenvalue weighted by atomic mass is 16.5. The van der Waals surface area contributed by atoms with Crippen molar-refractivity contribution in [1.82, 2.24) is 5.32 Å². The highest BCUT2D eigenvalue weighted by Crippen LogP contribution is 2.42. The van der Waals surface area contributed by atoms with Crippen LogP contribution in [0.15, 0.2) is 0 Å². The van der Waals surface area contributed by atoms with Gasteiger partial charge >= 0.3 is 0 Å². The second kappa shape index (κ2) is 5.10. The molecule has 3 aliphatic rings. The highest BCUT2D eigenvalue weighted by Gasteiger charge is 2.42. The van der Waals surface area contributed by atoms with Crippen LogP contribution in [0.25, 0.3) is 0 Å². The van der Waals surface area contributed by atoms with Crippen LogP contribution in [0.4, 0.5) is 0 Å². The van der Waals surface area contributed by atoms with Crippen molar-refractivity contribution in [2.45, 2.75) is 81.5 Å². The zero-order valence-electron chi connectivity index (χ0n) is 11.4. The molecule has 3 heteroatoms. The SMILES string of the molecule is OC1(CNC2CCOC3(CCC3)C2)CCCCC1. The fourth-order valence-electron chi connectivity index (χ4n) is 3.84. The van der Waals surface area contributed by atoms with Crippen LogP contribution in [-0.4, -0.2) is 35.5 Å². The molecule has 0 aromatic carbocycles. The minimum Gasteiger partial charge on any atom is -0.389 e. The lowest BCUT2D eigenvalue weighted by Gasteiger charge is -2.48. The lowest BCUT2D eigenvalue weighted by atomic mass is 9.73. The van der Waals surface area contributed by atoms with Gasteiger partial charge in [-0.2, -0.15) is 0 Å². The highest BCUT2D eigenvalue weighted by molar-refractivity contribution is 4.97. The third kappa shape index (κ3) is 2.73. The maximum Gasteiger partial charge on any atom is 0.0771 e. The summed E-state index contributed by atoms with van der Waals surface area (Å²) in [5.41, 5.74) is -0.214. The van der Waals surface area contributed by atoms with Crippen LogP contribution in [0.5, 0.6) is 0 Å². The number of rotatable bonds is 3. The maximum atomic E-state index is 10.5. The van der Waals surface area contributed by atoms with Gasteiger partial charge in [0.1, 0.15) is 0 Å². The molecule has 3 nitrogen and oxygen atoms in total. The van der Waals surface area contributed by atoms with E-state index in [1.165, 1.54) is 38.5 Å². The van der Waals surface area contributed by atoms with E-state index in [1.807, 2.05) is 0 Å². The van der Waals surface area contributed by atoms with Crippen LogP contribution in [0.1, 0.15) is 64.2 Å². The van der Waals surface area contributed by atoms with Gasteiger partial charge in [0.25, 0.3) is 0 Å². The van der Waals surface area contributed by atoms with Crippen molar-refractivity contribution in [2.75, 3.05) is 13.2 Å². The molecule has 18 heavy (non-hydrogen) atoms. The van der Waals surface area contributed by atoms with E-state index >= 15 is 0 Å². The molecule has 1 spiro atoms. The Morgan fingerprint density at radius 3 is 2.50 bits per heavy atom. The Bertz CT molecular complexity index is 282. The van der Waals surface area contributed by atoms with Gasteiger partial charge in [0, 0.05) is 19.2 Å². The minimum absolute atomic E-state index is 0.213. The van der Waals surface area contributed by atoms with Gasteiger partial charge in [-0.15, -0.1) is 0 Å². The smallest absolute Gasteiger partial charge is 0.0771 e. The van der Waals surface area contributed by atoms with E-state index in [9.17, 15) is 5.11 Å².